The quantitative estimate of drug-likeness (QED) is 0.414. The standard InChI is InChI=1S/C17H21N3O10/c1-8(22)18-13-5-6-20(16(26)19-13)15-17(29-10(3)24,30-11(4)25)14(27-9(2)23)12(7-21)28-15/h5-6,12,14-15,21H,7H2,1-4H3,(H,18,19,22,26)/t12-,14-,15-/m1/s1. The van der Waals surface area contributed by atoms with Crippen LogP contribution in [0.2, 0.25) is 0 Å². The van der Waals surface area contributed by atoms with Crippen molar-refractivity contribution in [3.05, 3.63) is 22.7 Å². The largest absolute Gasteiger partial charge is 0.451 e. The van der Waals surface area contributed by atoms with Crippen molar-refractivity contribution >= 4 is 29.6 Å². The number of carbonyl (C=O) groups is 4. The van der Waals surface area contributed by atoms with E-state index in [9.17, 15) is 29.1 Å². The van der Waals surface area contributed by atoms with Crippen molar-refractivity contribution in [1.82, 2.24) is 9.55 Å². The van der Waals surface area contributed by atoms with E-state index in [1.807, 2.05) is 0 Å². The molecule has 0 spiro atoms. The molecule has 1 aliphatic rings. The fourth-order valence-corrected chi connectivity index (χ4v) is 2.99. The van der Waals surface area contributed by atoms with Crippen molar-refractivity contribution in [2.75, 3.05) is 11.9 Å². The van der Waals surface area contributed by atoms with Gasteiger partial charge in [-0.2, -0.15) is 4.98 Å². The smallest absolute Gasteiger partial charge is 0.351 e. The fourth-order valence-electron chi connectivity index (χ4n) is 2.99. The Morgan fingerprint density at radius 1 is 1.17 bits per heavy atom. The Bertz CT molecular complexity index is 895. The number of nitrogens with zero attached hydrogens (tertiary/aromatic N) is 2. The molecule has 13 heteroatoms. The average molecular weight is 427 g/mol. The number of aliphatic hydroxyl groups excluding tert-OH is 1. The number of nitrogens with one attached hydrogen (secondary N) is 1. The lowest BCUT2D eigenvalue weighted by molar-refractivity contribution is -0.278. The van der Waals surface area contributed by atoms with Crippen LogP contribution in [0.25, 0.3) is 0 Å². The number of aliphatic hydroxyl groups is 1. The molecule has 2 rings (SSSR count). The van der Waals surface area contributed by atoms with E-state index in [4.69, 9.17) is 18.9 Å². The first kappa shape index (κ1) is 23.0. The number of carbonyl (C=O) groups excluding carboxylic acids is 4. The molecule has 0 saturated carbocycles. The molecule has 2 heterocycles. The molecule has 0 aromatic carbocycles. The van der Waals surface area contributed by atoms with Gasteiger partial charge in [-0.05, 0) is 6.07 Å². The minimum Gasteiger partial charge on any atom is -0.451 e. The van der Waals surface area contributed by atoms with Gasteiger partial charge >= 0.3 is 29.4 Å². The molecule has 0 aliphatic carbocycles. The molecule has 0 bridgehead atoms. The van der Waals surface area contributed by atoms with E-state index < -0.39 is 60.3 Å². The van der Waals surface area contributed by atoms with Crippen LogP contribution in [0.1, 0.15) is 33.9 Å². The SMILES string of the molecule is CC(=O)Nc1ccn([C@@H]2O[C@H](CO)[C@@H](OC(C)=O)C2(OC(C)=O)OC(C)=O)c(=O)n1. The second kappa shape index (κ2) is 9.00. The fraction of sp³-hybridized carbons (Fsp3) is 0.529. The van der Waals surface area contributed by atoms with Gasteiger partial charge in [-0.3, -0.25) is 23.7 Å². The van der Waals surface area contributed by atoms with Crippen molar-refractivity contribution in [2.45, 2.75) is 51.9 Å². The zero-order chi connectivity index (χ0) is 22.6. The summed E-state index contributed by atoms with van der Waals surface area (Å²) in [5.41, 5.74) is -0.977. The Balaban J connectivity index is 2.65. The molecule has 1 amide bonds. The molecule has 30 heavy (non-hydrogen) atoms. The maximum Gasteiger partial charge on any atom is 0.351 e. The minimum atomic E-state index is -2.43. The summed E-state index contributed by atoms with van der Waals surface area (Å²) in [6.07, 6.45) is -3.45. The molecule has 1 aromatic heterocycles. The average Bonchev–Trinajstić information content (AvgIpc) is 2.86. The summed E-state index contributed by atoms with van der Waals surface area (Å²) in [7, 11) is 0. The van der Waals surface area contributed by atoms with Gasteiger partial charge in [0.2, 0.25) is 18.2 Å². The molecular weight excluding hydrogens is 406 g/mol. The van der Waals surface area contributed by atoms with Gasteiger partial charge in [-0.1, -0.05) is 0 Å². The van der Waals surface area contributed by atoms with Crippen molar-refractivity contribution in [3.63, 3.8) is 0 Å². The van der Waals surface area contributed by atoms with E-state index >= 15 is 0 Å². The van der Waals surface area contributed by atoms with E-state index in [1.165, 1.54) is 13.0 Å². The summed E-state index contributed by atoms with van der Waals surface area (Å²) < 4.78 is 22.0. The monoisotopic (exact) mass is 427 g/mol. The summed E-state index contributed by atoms with van der Waals surface area (Å²) in [6.45, 7) is 3.53. The van der Waals surface area contributed by atoms with Crippen LogP contribution in [0.4, 0.5) is 5.82 Å². The minimum absolute atomic E-state index is 0.0671. The van der Waals surface area contributed by atoms with Crippen LogP contribution in [0.15, 0.2) is 17.1 Å². The lowest BCUT2D eigenvalue weighted by atomic mass is 10.1. The number of anilines is 1. The predicted molar refractivity (Wildman–Crippen MR) is 95.6 cm³/mol. The molecule has 1 saturated heterocycles. The Labute approximate surface area is 169 Å². The maximum absolute atomic E-state index is 12.6. The van der Waals surface area contributed by atoms with E-state index in [0.717, 1.165) is 31.5 Å². The lowest BCUT2D eigenvalue weighted by Crippen LogP contribution is -2.56. The van der Waals surface area contributed by atoms with Crippen molar-refractivity contribution < 1.29 is 43.2 Å². The summed E-state index contributed by atoms with van der Waals surface area (Å²) in [5.74, 6) is -5.72. The highest BCUT2D eigenvalue weighted by Crippen LogP contribution is 2.43. The van der Waals surface area contributed by atoms with Crippen LogP contribution in [-0.4, -0.2) is 63.1 Å². The summed E-state index contributed by atoms with van der Waals surface area (Å²) in [5, 5.41) is 12.0. The summed E-state index contributed by atoms with van der Waals surface area (Å²) in [6, 6.07) is 1.24. The first-order chi connectivity index (χ1) is 14.0. The van der Waals surface area contributed by atoms with E-state index in [-0.39, 0.29) is 5.82 Å². The van der Waals surface area contributed by atoms with E-state index in [1.54, 1.807) is 0 Å². The molecule has 1 aliphatic heterocycles. The highest BCUT2D eigenvalue weighted by Gasteiger charge is 2.66. The van der Waals surface area contributed by atoms with E-state index in [0.29, 0.717) is 0 Å². The molecule has 1 fully saturated rings. The third-order valence-electron chi connectivity index (χ3n) is 3.85. The number of hydrogen-bond donors (Lipinski definition) is 2. The van der Waals surface area contributed by atoms with Gasteiger partial charge < -0.3 is 29.4 Å². The molecule has 0 unspecified atom stereocenters. The Morgan fingerprint density at radius 3 is 2.20 bits per heavy atom. The molecule has 164 valence electrons. The van der Waals surface area contributed by atoms with Gasteiger partial charge in [-0.25, -0.2) is 4.79 Å². The second-order valence-electron chi connectivity index (χ2n) is 6.33. The van der Waals surface area contributed by atoms with Crippen molar-refractivity contribution in [3.8, 4) is 0 Å². The Hall–Kier alpha value is -3.32. The maximum atomic E-state index is 12.6. The van der Waals surface area contributed by atoms with Crippen molar-refractivity contribution in [2.24, 2.45) is 0 Å². The molecular formula is C17H21N3O10. The first-order valence-corrected chi connectivity index (χ1v) is 8.69. The van der Waals surface area contributed by atoms with Crippen molar-refractivity contribution in [1.29, 1.82) is 0 Å². The zero-order valence-corrected chi connectivity index (χ0v) is 16.6. The number of rotatable bonds is 6. The number of esters is 3. The molecule has 0 radical (unpaired) electrons. The normalized spacial score (nSPS) is 22.1. The second-order valence-corrected chi connectivity index (χ2v) is 6.33. The van der Waals surface area contributed by atoms with E-state index in [2.05, 4.69) is 10.3 Å². The molecule has 13 nitrogen and oxygen atoms in total. The third-order valence-corrected chi connectivity index (χ3v) is 3.85. The van der Waals surface area contributed by atoms with Gasteiger partial charge in [0, 0.05) is 33.9 Å². The topological polar surface area (TPSA) is 172 Å². The highest BCUT2D eigenvalue weighted by molar-refractivity contribution is 5.87. The van der Waals surface area contributed by atoms with Gasteiger partial charge in [0.15, 0.2) is 0 Å². The summed E-state index contributed by atoms with van der Waals surface area (Å²) in [4.78, 5) is 62.7. The predicted octanol–water partition coefficient (Wildman–Crippen LogP) is -1.15. The first-order valence-electron chi connectivity index (χ1n) is 8.69. The number of aromatic nitrogens is 2. The Kier molecular flexibility index (Phi) is 6.89. The number of amides is 1. The number of hydrogen-bond acceptors (Lipinski definition) is 11. The van der Waals surface area contributed by atoms with Crippen LogP contribution >= 0.6 is 0 Å². The van der Waals surface area contributed by atoms with Crippen LogP contribution < -0.4 is 11.0 Å². The van der Waals surface area contributed by atoms with Gasteiger partial charge in [0.1, 0.15) is 11.9 Å². The zero-order valence-electron chi connectivity index (χ0n) is 16.6. The molecule has 2 N–H and O–H groups in total. The van der Waals surface area contributed by atoms with Gasteiger partial charge in [-0.15, -0.1) is 0 Å². The van der Waals surface area contributed by atoms with Crippen LogP contribution in [0.5, 0.6) is 0 Å². The number of ether oxygens (including phenoxy) is 4. The van der Waals surface area contributed by atoms with Crippen LogP contribution in [0.3, 0.4) is 0 Å². The Morgan fingerprint density at radius 2 is 1.77 bits per heavy atom. The molecule has 3 atom stereocenters. The third kappa shape index (κ3) is 4.80. The van der Waals surface area contributed by atoms with Gasteiger partial charge in [0.25, 0.3) is 0 Å². The highest BCUT2D eigenvalue weighted by atomic mass is 16.8. The van der Waals surface area contributed by atoms with Crippen LogP contribution in [-0.2, 0) is 38.1 Å². The van der Waals surface area contributed by atoms with Crippen LogP contribution in [0, 0.1) is 0 Å². The summed E-state index contributed by atoms with van der Waals surface area (Å²) >= 11 is 0. The van der Waals surface area contributed by atoms with Gasteiger partial charge in [0.05, 0.1) is 6.61 Å². The lowest BCUT2D eigenvalue weighted by Gasteiger charge is -2.35. The molecule has 1 aromatic rings.